The molecule has 0 saturated heterocycles. The minimum absolute atomic E-state index is 0.0170. The summed E-state index contributed by atoms with van der Waals surface area (Å²) < 4.78 is 5.84. The molecule has 0 radical (unpaired) electrons. The lowest BCUT2D eigenvalue weighted by atomic mass is 10.2. The van der Waals surface area contributed by atoms with Crippen LogP contribution in [0.25, 0.3) is 0 Å². The van der Waals surface area contributed by atoms with Crippen molar-refractivity contribution in [2.24, 2.45) is 5.92 Å². The quantitative estimate of drug-likeness (QED) is 0.848. The number of nitrogens with zero attached hydrogens (tertiary/aromatic N) is 1. The zero-order valence-corrected chi connectivity index (χ0v) is 11.9. The van der Waals surface area contributed by atoms with Crippen molar-refractivity contribution in [3.8, 4) is 0 Å². The van der Waals surface area contributed by atoms with Crippen LogP contribution < -0.4 is 0 Å². The maximum Gasteiger partial charge on any atom is 0.254 e. The first-order chi connectivity index (χ1) is 9.65. The number of rotatable bonds is 4. The van der Waals surface area contributed by atoms with Crippen molar-refractivity contribution < 1.29 is 9.21 Å². The van der Waals surface area contributed by atoms with Crippen molar-refractivity contribution in [3.05, 3.63) is 59.5 Å². The predicted molar refractivity (Wildman–Crippen MR) is 77.5 cm³/mol. The van der Waals surface area contributed by atoms with Crippen LogP contribution in [0, 0.1) is 5.92 Å². The van der Waals surface area contributed by atoms with Crippen LogP contribution >= 0.6 is 0 Å². The lowest BCUT2D eigenvalue weighted by molar-refractivity contribution is 0.0775. The smallest absolute Gasteiger partial charge is 0.254 e. The number of furan rings is 1. The minimum Gasteiger partial charge on any atom is -0.464 e. The first kappa shape index (κ1) is 13.0. The van der Waals surface area contributed by atoms with E-state index in [1.165, 1.54) is 6.42 Å². The Balaban J connectivity index is 1.65. The Kier molecular flexibility index (Phi) is 3.35. The molecule has 2 aromatic rings. The highest BCUT2D eigenvalue weighted by molar-refractivity contribution is 5.93. The molecule has 1 aliphatic carbocycles. The summed E-state index contributed by atoms with van der Waals surface area (Å²) in [4.78, 5) is 13.9. The van der Waals surface area contributed by atoms with Crippen LogP contribution in [0.2, 0.25) is 0 Å². The number of hydrogen-bond acceptors (Lipinski definition) is 2. The molecule has 3 rings (SSSR count). The van der Waals surface area contributed by atoms with Gasteiger partial charge in [0.2, 0.25) is 0 Å². The van der Waals surface area contributed by atoms with Crippen molar-refractivity contribution in [1.29, 1.82) is 0 Å². The van der Waals surface area contributed by atoms with E-state index in [1.807, 2.05) is 42.5 Å². The van der Waals surface area contributed by atoms with Crippen LogP contribution in [-0.2, 0) is 6.54 Å². The van der Waals surface area contributed by atoms with Crippen LogP contribution in [0.15, 0.2) is 46.9 Å². The Bertz CT molecular complexity index is 602. The third-order valence-corrected chi connectivity index (χ3v) is 3.92. The Morgan fingerprint density at radius 3 is 2.60 bits per heavy atom. The molecule has 1 aromatic heterocycles. The van der Waals surface area contributed by atoms with Crippen molar-refractivity contribution in [2.75, 3.05) is 7.05 Å². The molecule has 1 saturated carbocycles. The molecule has 1 aromatic carbocycles. The zero-order chi connectivity index (χ0) is 14.1. The van der Waals surface area contributed by atoms with E-state index in [9.17, 15) is 4.79 Å². The second-order valence-electron chi connectivity index (χ2n) is 5.65. The fourth-order valence-electron chi connectivity index (χ4n) is 2.50. The normalized spacial score (nSPS) is 20.7. The molecule has 3 nitrogen and oxygen atoms in total. The number of carbonyl (C=O) groups excluding carboxylic acids is 1. The van der Waals surface area contributed by atoms with Gasteiger partial charge in [0.1, 0.15) is 11.5 Å². The maximum absolute atomic E-state index is 12.2. The molecule has 0 bridgehead atoms. The molecule has 0 spiro atoms. The van der Waals surface area contributed by atoms with Gasteiger partial charge in [-0.1, -0.05) is 25.1 Å². The van der Waals surface area contributed by atoms with Crippen molar-refractivity contribution >= 4 is 5.91 Å². The van der Waals surface area contributed by atoms with E-state index in [-0.39, 0.29) is 5.91 Å². The Hall–Kier alpha value is -2.03. The maximum atomic E-state index is 12.2. The summed E-state index contributed by atoms with van der Waals surface area (Å²) in [6, 6.07) is 13.4. The summed E-state index contributed by atoms with van der Waals surface area (Å²) in [7, 11) is 1.80. The largest absolute Gasteiger partial charge is 0.464 e. The predicted octanol–water partition coefficient (Wildman–Crippen LogP) is 3.68. The molecular weight excluding hydrogens is 250 g/mol. The molecule has 3 heteroatoms. The summed E-state index contributed by atoms with van der Waals surface area (Å²) >= 11 is 0. The van der Waals surface area contributed by atoms with E-state index in [1.54, 1.807) is 11.9 Å². The molecule has 1 fully saturated rings. The van der Waals surface area contributed by atoms with E-state index in [2.05, 4.69) is 6.92 Å². The minimum atomic E-state index is 0.0170. The molecule has 104 valence electrons. The van der Waals surface area contributed by atoms with Crippen LogP contribution in [0.1, 0.15) is 41.1 Å². The lowest BCUT2D eigenvalue weighted by Gasteiger charge is -2.15. The van der Waals surface area contributed by atoms with E-state index >= 15 is 0 Å². The summed E-state index contributed by atoms with van der Waals surface area (Å²) in [5.74, 6) is 3.25. The molecular formula is C17H19NO2. The topological polar surface area (TPSA) is 33.5 Å². The van der Waals surface area contributed by atoms with Crippen LogP contribution in [0.4, 0.5) is 0 Å². The van der Waals surface area contributed by atoms with Crippen LogP contribution in [0.5, 0.6) is 0 Å². The van der Waals surface area contributed by atoms with Gasteiger partial charge in [-0.25, -0.2) is 0 Å². The standard InChI is InChI=1S/C17H19NO2/c1-12-10-15(12)16-9-8-14(20-16)11-18(2)17(19)13-6-4-3-5-7-13/h3-9,12,15H,10-11H2,1-2H3. The van der Waals surface area contributed by atoms with Crippen LogP contribution in [-0.4, -0.2) is 17.9 Å². The molecule has 2 atom stereocenters. The van der Waals surface area contributed by atoms with Gasteiger partial charge in [0.25, 0.3) is 5.91 Å². The highest BCUT2D eigenvalue weighted by Gasteiger charge is 2.36. The SMILES string of the molecule is CC1CC1c1ccc(CN(C)C(=O)c2ccccc2)o1. The third kappa shape index (κ3) is 2.62. The van der Waals surface area contributed by atoms with E-state index < -0.39 is 0 Å². The van der Waals surface area contributed by atoms with E-state index in [0.717, 1.165) is 17.4 Å². The molecule has 20 heavy (non-hydrogen) atoms. The second kappa shape index (κ2) is 5.16. The number of hydrogen-bond donors (Lipinski definition) is 0. The Morgan fingerprint density at radius 1 is 1.25 bits per heavy atom. The molecule has 0 aliphatic heterocycles. The highest BCUT2D eigenvalue weighted by Crippen LogP contribution is 2.47. The van der Waals surface area contributed by atoms with Gasteiger partial charge in [-0.2, -0.15) is 0 Å². The average Bonchev–Trinajstić information content (AvgIpc) is 3.01. The van der Waals surface area contributed by atoms with Crippen molar-refractivity contribution in [1.82, 2.24) is 4.90 Å². The first-order valence-corrected chi connectivity index (χ1v) is 7.04. The first-order valence-electron chi connectivity index (χ1n) is 7.04. The van der Waals surface area contributed by atoms with Gasteiger partial charge < -0.3 is 9.32 Å². The van der Waals surface area contributed by atoms with E-state index in [0.29, 0.717) is 18.0 Å². The Labute approximate surface area is 119 Å². The van der Waals surface area contributed by atoms with Gasteiger partial charge in [0.15, 0.2) is 0 Å². The van der Waals surface area contributed by atoms with Gasteiger partial charge in [0, 0.05) is 18.5 Å². The monoisotopic (exact) mass is 269 g/mol. The fraction of sp³-hybridized carbons (Fsp3) is 0.353. The van der Waals surface area contributed by atoms with Gasteiger partial charge in [0.05, 0.1) is 6.54 Å². The van der Waals surface area contributed by atoms with Gasteiger partial charge in [-0.15, -0.1) is 0 Å². The number of amides is 1. The Morgan fingerprint density at radius 2 is 1.95 bits per heavy atom. The molecule has 0 N–H and O–H groups in total. The molecule has 1 heterocycles. The van der Waals surface area contributed by atoms with Gasteiger partial charge in [-0.05, 0) is 36.6 Å². The van der Waals surface area contributed by atoms with Gasteiger partial charge >= 0.3 is 0 Å². The van der Waals surface area contributed by atoms with Crippen molar-refractivity contribution in [2.45, 2.75) is 25.8 Å². The lowest BCUT2D eigenvalue weighted by Crippen LogP contribution is -2.25. The number of benzene rings is 1. The van der Waals surface area contributed by atoms with E-state index in [4.69, 9.17) is 4.42 Å². The molecule has 1 amide bonds. The summed E-state index contributed by atoms with van der Waals surface area (Å²) in [6.07, 6.45) is 1.21. The average molecular weight is 269 g/mol. The summed E-state index contributed by atoms with van der Waals surface area (Å²) in [6.45, 7) is 2.74. The summed E-state index contributed by atoms with van der Waals surface area (Å²) in [5.41, 5.74) is 0.706. The highest BCUT2D eigenvalue weighted by atomic mass is 16.3. The molecule has 2 unspecified atom stereocenters. The zero-order valence-electron chi connectivity index (χ0n) is 11.9. The number of carbonyl (C=O) groups is 1. The van der Waals surface area contributed by atoms with Gasteiger partial charge in [-0.3, -0.25) is 4.79 Å². The molecule has 1 aliphatic rings. The second-order valence-corrected chi connectivity index (χ2v) is 5.65. The summed E-state index contributed by atoms with van der Waals surface area (Å²) in [5, 5.41) is 0. The third-order valence-electron chi connectivity index (χ3n) is 3.92. The van der Waals surface area contributed by atoms with Crippen LogP contribution in [0.3, 0.4) is 0 Å². The van der Waals surface area contributed by atoms with Crippen molar-refractivity contribution in [3.63, 3.8) is 0 Å². The fourth-order valence-corrected chi connectivity index (χ4v) is 2.50.